The molecule has 0 radical (unpaired) electrons. The van der Waals surface area contributed by atoms with E-state index < -0.39 is 0 Å². The molecule has 0 unspecified atom stereocenters. The number of hydrogen-bond acceptors (Lipinski definition) is 4. The van der Waals surface area contributed by atoms with Gasteiger partial charge < -0.3 is 4.90 Å². The van der Waals surface area contributed by atoms with Crippen LogP contribution in [-0.2, 0) is 13.0 Å². The number of benzene rings is 2. The Morgan fingerprint density at radius 3 is 2.73 bits per heavy atom. The van der Waals surface area contributed by atoms with Crippen LogP contribution in [-0.4, -0.2) is 26.8 Å². The third-order valence-corrected chi connectivity index (χ3v) is 3.92. The Morgan fingerprint density at radius 1 is 1.00 bits per heavy atom. The van der Waals surface area contributed by atoms with Crippen molar-refractivity contribution in [1.29, 1.82) is 0 Å². The van der Waals surface area contributed by atoms with Gasteiger partial charge in [0.2, 0.25) is 0 Å². The number of rotatable bonds is 2. The normalized spacial score (nSPS) is 14.0. The monoisotopic (exact) mass is 295 g/mol. The third-order valence-electron chi connectivity index (χ3n) is 3.92. The second-order valence-corrected chi connectivity index (χ2v) is 5.31. The van der Waals surface area contributed by atoms with E-state index in [2.05, 4.69) is 20.4 Å². The van der Waals surface area contributed by atoms with E-state index in [0.29, 0.717) is 12.5 Å². The van der Waals surface area contributed by atoms with Crippen molar-refractivity contribution in [3.8, 4) is 5.69 Å². The van der Waals surface area contributed by atoms with Crippen LogP contribution in [0.25, 0.3) is 5.69 Å². The van der Waals surface area contributed by atoms with Gasteiger partial charge >= 0.3 is 0 Å². The maximum Gasteiger partial charge on any atom is 0.250 e. The molecule has 1 aromatic heterocycles. The predicted molar refractivity (Wildman–Crippen MR) is 80.3 cm³/mol. The Morgan fingerprint density at radius 2 is 1.86 bits per heavy atom. The van der Waals surface area contributed by atoms with E-state index in [1.165, 1.54) is 6.07 Å². The molecule has 0 amide bonds. The summed E-state index contributed by atoms with van der Waals surface area (Å²) >= 11 is 0. The Labute approximate surface area is 127 Å². The molecular formula is C16H14FN5. The van der Waals surface area contributed by atoms with Crippen LogP contribution >= 0.6 is 0 Å². The van der Waals surface area contributed by atoms with E-state index in [-0.39, 0.29) is 5.82 Å². The second-order valence-electron chi connectivity index (χ2n) is 5.31. The van der Waals surface area contributed by atoms with Crippen molar-refractivity contribution in [1.82, 2.24) is 20.2 Å². The Bertz CT molecular complexity index is 799. The fraction of sp³-hybridized carbons (Fsp3) is 0.188. The molecule has 5 nitrogen and oxygen atoms in total. The van der Waals surface area contributed by atoms with Gasteiger partial charge in [0.1, 0.15) is 5.82 Å². The second kappa shape index (κ2) is 5.22. The topological polar surface area (TPSA) is 46.8 Å². The average molecular weight is 295 g/mol. The summed E-state index contributed by atoms with van der Waals surface area (Å²) in [6, 6.07) is 14.8. The molecule has 0 N–H and O–H groups in total. The summed E-state index contributed by atoms with van der Waals surface area (Å²) < 4.78 is 15.0. The number of nitrogens with zero attached hydrogens (tertiary/aromatic N) is 5. The van der Waals surface area contributed by atoms with Crippen molar-refractivity contribution in [2.24, 2.45) is 0 Å². The summed E-state index contributed by atoms with van der Waals surface area (Å²) in [6.07, 6.45) is 0.786. The van der Waals surface area contributed by atoms with Gasteiger partial charge in [0.25, 0.3) is 5.95 Å². The molecule has 2 aromatic carbocycles. The highest BCUT2D eigenvalue weighted by Crippen LogP contribution is 2.24. The van der Waals surface area contributed by atoms with Gasteiger partial charge in [0.15, 0.2) is 0 Å². The first kappa shape index (κ1) is 12.9. The highest BCUT2D eigenvalue weighted by Gasteiger charge is 2.22. The summed E-state index contributed by atoms with van der Waals surface area (Å²) in [5.74, 6) is 0.530. The quantitative estimate of drug-likeness (QED) is 0.728. The van der Waals surface area contributed by atoms with Crippen LogP contribution in [0.15, 0.2) is 48.5 Å². The maximum atomic E-state index is 13.3. The molecule has 4 rings (SSSR count). The standard InChI is InChI=1S/C16H14FN5/c17-14-7-6-13-11-21(9-8-12(13)10-14)16-18-19-20-22(16)15-4-2-1-3-5-15/h1-7,10H,8-9,11H2. The molecule has 2 heterocycles. The van der Waals surface area contributed by atoms with E-state index in [4.69, 9.17) is 0 Å². The smallest absolute Gasteiger partial charge is 0.250 e. The molecule has 110 valence electrons. The molecule has 1 aliphatic heterocycles. The lowest BCUT2D eigenvalue weighted by atomic mass is 10.00. The molecule has 0 saturated carbocycles. The third kappa shape index (κ3) is 2.22. The van der Waals surface area contributed by atoms with Crippen LogP contribution < -0.4 is 4.90 Å². The van der Waals surface area contributed by atoms with Crippen LogP contribution in [0.2, 0.25) is 0 Å². The summed E-state index contributed by atoms with van der Waals surface area (Å²) in [7, 11) is 0. The first-order valence-corrected chi connectivity index (χ1v) is 7.17. The zero-order valence-electron chi connectivity index (χ0n) is 11.9. The minimum atomic E-state index is -0.179. The Kier molecular flexibility index (Phi) is 3.07. The van der Waals surface area contributed by atoms with Gasteiger partial charge in [0, 0.05) is 13.1 Å². The van der Waals surface area contributed by atoms with E-state index >= 15 is 0 Å². The van der Waals surface area contributed by atoms with Gasteiger partial charge in [-0.25, -0.2) is 4.39 Å². The summed E-state index contributed by atoms with van der Waals surface area (Å²) in [6.45, 7) is 1.45. The van der Waals surface area contributed by atoms with Crippen LogP contribution in [0.1, 0.15) is 11.1 Å². The molecule has 0 aliphatic carbocycles. The average Bonchev–Trinajstić information content (AvgIpc) is 3.05. The molecule has 22 heavy (non-hydrogen) atoms. The number of anilines is 1. The molecule has 3 aromatic rings. The molecule has 0 fully saturated rings. The van der Waals surface area contributed by atoms with E-state index in [1.54, 1.807) is 10.7 Å². The highest BCUT2D eigenvalue weighted by molar-refractivity contribution is 5.44. The number of aromatic nitrogens is 4. The van der Waals surface area contributed by atoms with Crippen molar-refractivity contribution in [2.45, 2.75) is 13.0 Å². The lowest BCUT2D eigenvalue weighted by Gasteiger charge is -2.29. The Balaban J connectivity index is 1.67. The SMILES string of the molecule is Fc1ccc2c(c1)CCN(c1nnnn1-c1ccccc1)C2. The van der Waals surface area contributed by atoms with Crippen molar-refractivity contribution in [3.63, 3.8) is 0 Å². The number of hydrogen-bond donors (Lipinski definition) is 0. The van der Waals surface area contributed by atoms with Crippen LogP contribution in [0.5, 0.6) is 0 Å². The minimum Gasteiger partial charge on any atom is -0.335 e. The molecule has 0 bridgehead atoms. The fourth-order valence-corrected chi connectivity index (χ4v) is 2.81. The van der Waals surface area contributed by atoms with Crippen molar-refractivity contribution in [3.05, 3.63) is 65.5 Å². The number of para-hydroxylation sites is 1. The first-order valence-electron chi connectivity index (χ1n) is 7.17. The van der Waals surface area contributed by atoms with Gasteiger partial charge in [-0.05, 0) is 52.2 Å². The number of tetrazole rings is 1. The predicted octanol–water partition coefficient (Wildman–Crippen LogP) is 2.36. The maximum absolute atomic E-state index is 13.3. The zero-order chi connectivity index (χ0) is 14.9. The first-order chi connectivity index (χ1) is 10.8. The van der Waals surface area contributed by atoms with Crippen molar-refractivity contribution >= 4 is 5.95 Å². The number of fused-ring (bicyclic) bond motifs is 1. The van der Waals surface area contributed by atoms with Crippen LogP contribution in [0.3, 0.4) is 0 Å². The molecular weight excluding hydrogens is 281 g/mol. The molecule has 1 aliphatic rings. The van der Waals surface area contributed by atoms with Gasteiger partial charge in [-0.1, -0.05) is 29.4 Å². The summed E-state index contributed by atoms with van der Waals surface area (Å²) in [5, 5.41) is 12.1. The molecule has 0 atom stereocenters. The van der Waals surface area contributed by atoms with E-state index in [9.17, 15) is 4.39 Å². The van der Waals surface area contributed by atoms with E-state index in [1.807, 2.05) is 36.4 Å². The van der Waals surface area contributed by atoms with Gasteiger partial charge in [-0.3, -0.25) is 0 Å². The molecule has 6 heteroatoms. The minimum absolute atomic E-state index is 0.179. The largest absolute Gasteiger partial charge is 0.335 e. The van der Waals surface area contributed by atoms with Gasteiger partial charge in [0.05, 0.1) is 5.69 Å². The van der Waals surface area contributed by atoms with Crippen molar-refractivity contribution < 1.29 is 4.39 Å². The highest BCUT2D eigenvalue weighted by atomic mass is 19.1. The number of halogens is 1. The lowest BCUT2D eigenvalue weighted by molar-refractivity contribution is 0.617. The molecule has 0 spiro atoms. The van der Waals surface area contributed by atoms with E-state index in [0.717, 1.165) is 29.8 Å². The van der Waals surface area contributed by atoms with Crippen LogP contribution in [0, 0.1) is 5.82 Å². The molecule has 0 saturated heterocycles. The lowest BCUT2D eigenvalue weighted by Crippen LogP contribution is -2.32. The zero-order valence-corrected chi connectivity index (χ0v) is 11.9. The Hall–Kier alpha value is -2.76. The van der Waals surface area contributed by atoms with Crippen molar-refractivity contribution in [2.75, 3.05) is 11.4 Å². The van der Waals surface area contributed by atoms with Crippen LogP contribution in [0.4, 0.5) is 10.3 Å². The van der Waals surface area contributed by atoms with Gasteiger partial charge in [-0.15, -0.1) is 0 Å². The van der Waals surface area contributed by atoms with Gasteiger partial charge in [-0.2, -0.15) is 4.68 Å². The summed E-state index contributed by atoms with van der Waals surface area (Å²) in [4.78, 5) is 2.12. The fourth-order valence-electron chi connectivity index (χ4n) is 2.81. The summed E-state index contributed by atoms with van der Waals surface area (Å²) in [5.41, 5.74) is 3.11.